The number of nitrogens with zero attached hydrogens (tertiary/aromatic N) is 3. The molecule has 0 aliphatic heterocycles. The monoisotopic (exact) mass is 441 g/mol. The van der Waals surface area contributed by atoms with Crippen LogP contribution in [0.4, 0.5) is 5.69 Å². The van der Waals surface area contributed by atoms with E-state index in [-0.39, 0.29) is 11.6 Å². The summed E-state index contributed by atoms with van der Waals surface area (Å²) in [4.78, 5) is 29.0. The Kier molecular flexibility index (Phi) is 5.50. The van der Waals surface area contributed by atoms with Crippen molar-refractivity contribution in [1.82, 2.24) is 4.57 Å². The molecule has 0 aliphatic rings. The molecule has 2 aromatic heterocycles. The van der Waals surface area contributed by atoms with E-state index in [0.29, 0.717) is 28.2 Å². The average molecular weight is 442 g/mol. The van der Waals surface area contributed by atoms with E-state index >= 15 is 0 Å². The van der Waals surface area contributed by atoms with Crippen LogP contribution in [0.25, 0.3) is 20.3 Å². The smallest absolute Gasteiger partial charge is 0.289 e. The quantitative estimate of drug-likeness (QED) is 0.328. The standard InChI is InChI=1S/C21H19N3O4S2/c1-12-8-13(2)19-16(9-12)23(6-7-28-3)21(30-19)22-20(25)18-11-14-10-15(24(26)27)4-5-17(14)29-18/h4-5,8-11H,6-7H2,1-3H3. The lowest BCUT2D eigenvalue weighted by atomic mass is 10.1. The van der Waals surface area contributed by atoms with Gasteiger partial charge in [-0.15, -0.1) is 11.3 Å². The van der Waals surface area contributed by atoms with Crippen LogP contribution in [0.5, 0.6) is 0 Å². The number of hydrogen-bond donors (Lipinski definition) is 0. The number of methoxy groups -OCH3 is 1. The molecule has 0 fully saturated rings. The third kappa shape index (κ3) is 3.79. The van der Waals surface area contributed by atoms with E-state index < -0.39 is 4.92 Å². The number of aryl methyl sites for hydroxylation is 2. The van der Waals surface area contributed by atoms with Gasteiger partial charge in [-0.1, -0.05) is 17.4 Å². The van der Waals surface area contributed by atoms with Crippen molar-refractivity contribution in [2.75, 3.05) is 13.7 Å². The second-order valence-electron chi connectivity index (χ2n) is 6.97. The zero-order chi connectivity index (χ0) is 21.4. The lowest BCUT2D eigenvalue weighted by Gasteiger charge is -2.05. The van der Waals surface area contributed by atoms with E-state index in [1.54, 1.807) is 19.2 Å². The Hall–Kier alpha value is -2.88. The molecule has 4 aromatic rings. The zero-order valence-corrected chi connectivity index (χ0v) is 18.3. The van der Waals surface area contributed by atoms with Crippen molar-refractivity contribution >= 4 is 54.6 Å². The largest absolute Gasteiger partial charge is 0.383 e. The lowest BCUT2D eigenvalue weighted by Crippen LogP contribution is -2.19. The highest BCUT2D eigenvalue weighted by Gasteiger charge is 2.15. The van der Waals surface area contributed by atoms with E-state index in [1.165, 1.54) is 34.8 Å². The second kappa shape index (κ2) is 8.10. The van der Waals surface area contributed by atoms with Gasteiger partial charge in [0.15, 0.2) is 4.80 Å². The number of non-ortho nitro benzene ring substituents is 1. The number of thiophene rings is 1. The third-order valence-electron chi connectivity index (χ3n) is 4.75. The molecule has 0 bridgehead atoms. The first kappa shape index (κ1) is 20.4. The minimum atomic E-state index is -0.441. The number of rotatable bonds is 5. The van der Waals surface area contributed by atoms with Crippen LogP contribution in [-0.2, 0) is 11.3 Å². The van der Waals surface area contributed by atoms with E-state index in [4.69, 9.17) is 4.74 Å². The van der Waals surface area contributed by atoms with Gasteiger partial charge in [-0.05, 0) is 43.2 Å². The molecule has 0 N–H and O–H groups in total. The predicted molar refractivity (Wildman–Crippen MR) is 120 cm³/mol. The minimum Gasteiger partial charge on any atom is -0.383 e. The molecule has 0 spiro atoms. The predicted octanol–water partition coefficient (Wildman–Crippen LogP) is 4.83. The number of carbonyl (C=O) groups excluding carboxylic acids is 1. The molecule has 0 atom stereocenters. The number of ether oxygens (including phenoxy) is 1. The van der Waals surface area contributed by atoms with Crippen molar-refractivity contribution in [3.8, 4) is 0 Å². The van der Waals surface area contributed by atoms with Crippen molar-refractivity contribution in [2.24, 2.45) is 4.99 Å². The van der Waals surface area contributed by atoms with Crippen LogP contribution < -0.4 is 4.80 Å². The summed E-state index contributed by atoms with van der Waals surface area (Å²) < 4.78 is 9.16. The number of amides is 1. The Morgan fingerprint density at radius 3 is 2.73 bits per heavy atom. The highest BCUT2D eigenvalue weighted by molar-refractivity contribution is 7.21. The summed E-state index contributed by atoms with van der Waals surface area (Å²) in [5, 5.41) is 11.7. The lowest BCUT2D eigenvalue weighted by molar-refractivity contribution is -0.384. The van der Waals surface area contributed by atoms with Gasteiger partial charge >= 0.3 is 0 Å². The first-order valence-electron chi connectivity index (χ1n) is 9.24. The maximum Gasteiger partial charge on any atom is 0.289 e. The normalized spacial score (nSPS) is 12.2. The number of hydrogen-bond acceptors (Lipinski definition) is 6. The molecule has 9 heteroatoms. The van der Waals surface area contributed by atoms with Crippen molar-refractivity contribution in [2.45, 2.75) is 20.4 Å². The minimum absolute atomic E-state index is 0.00370. The van der Waals surface area contributed by atoms with Crippen LogP contribution in [0.2, 0.25) is 0 Å². The van der Waals surface area contributed by atoms with Crippen molar-refractivity contribution in [3.05, 3.63) is 67.3 Å². The number of thiazole rings is 1. The molecule has 0 radical (unpaired) electrons. The van der Waals surface area contributed by atoms with Crippen LogP contribution in [0, 0.1) is 24.0 Å². The molecule has 7 nitrogen and oxygen atoms in total. The highest BCUT2D eigenvalue weighted by Crippen LogP contribution is 2.29. The first-order chi connectivity index (χ1) is 14.4. The van der Waals surface area contributed by atoms with Crippen molar-refractivity contribution < 1.29 is 14.5 Å². The maximum atomic E-state index is 12.9. The summed E-state index contributed by atoms with van der Waals surface area (Å²) in [6, 6.07) is 10.5. The SMILES string of the molecule is COCCn1c(=NC(=O)c2cc3cc([N+](=O)[O-])ccc3s2)sc2c(C)cc(C)cc21. The summed E-state index contributed by atoms with van der Waals surface area (Å²) in [7, 11) is 1.64. The Balaban J connectivity index is 1.82. The number of carbonyl (C=O) groups is 1. The third-order valence-corrected chi connectivity index (χ3v) is 7.09. The molecule has 2 heterocycles. The van der Waals surface area contributed by atoms with Crippen LogP contribution in [0.3, 0.4) is 0 Å². The number of nitro benzene ring substituents is 1. The molecule has 4 rings (SSSR count). The van der Waals surface area contributed by atoms with Crippen LogP contribution >= 0.6 is 22.7 Å². The van der Waals surface area contributed by atoms with Crippen LogP contribution in [0.15, 0.2) is 41.4 Å². The molecule has 30 heavy (non-hydrogen) atoms. The van der Waals surface area contributed by atoms with Gasteiger partial charge in [0, 0.05) is 35.9 Å². The molecule has 2 aromatic carbocycles. The Morgan fingerprint density at radius 2 is 2.00 bits per heavy atom. The summed E-state index contributed by atoms with van der Waals surface area (Å²) >= 11 is 2.77. The zero-order valence-electron chi connectivity index (χ0n) is 16.7. The van der Waals surface area contributed by atoms with Gasteiger partial charge in [0.05, 0.1) is 26.6 Å². The van der Waals surface area contributed by atoms with Gasteiger partial charge in [0.25, 0.3) is 11.6 Å². The number of benzene rings is 2. The first-order valence-corrected chi connectivity index (χ1v) is 10.9. The molecule has 0 aliphatic carbocycles. The van der Waals surface area contributed by atoms with Crippen LogP contribution in [-0.4, -0.2) is 29.1 Å². The Bertz CT molecular complexity index is 1360. The van der Waals surface area contributed by atoms with E-state index in [1.807, 2.05) is 11.5 Å². The van der Waals surface area contributed by atoms with E-state index in [2.05, 4.69) is 24.0 Å². The molecular weight excluding hydrogens is 422 g/mol. The molecule has 1 amide bonds. The summed E-state index contributed by atoms with van der Waals surface area (Å²) in [5.74, 6) is -0.356. The molecular formula is C21H19N3O4S2. The fraction of sp³-hybridized carbons (Fsp3) is 0.238. The van der Waals surface area contributed by atoms with Gasteiger partial charge in [0.1, 0.15) is 0 Å². The molecule has 0 unspecified atom stereocenters. The highest BCUT2D eigenvalue weighted by atomic mass is 32.1. The molecule has 154 valence electrons. The van der Waals surface area contributed by atoms with Crippen LogP contribution in [0.1, 0.15) is 20.8 Å². The Labute approximate surface area is 180 Å². The van der Waals surface area contributed by atoms with Crippen molar-refractivity contribution in [1.29, 1.82) is 0 Å². The number of aromatic nitrogens is 1. The molecule has 0 saturated heterocycles. The summed E-state index contributed by atoms with van der Waals surface area (Å²) in [6.07, 6.45) is 0. The topological polar surface area (TPSA) is 86.7 Å². The van der Waals surface area contributed by atoms with Gasteiger partial charge in [0.2, 0.25) is 0 Å². The maximum absolute atomic E-state index is 12.9. The number of nitro groups is 1. The fourth-order valence-corrected chi connectivity index (χ4v) is 5.42. The van der Waals surface area contributed by atoms with Crippen molar-refractivity contribution in [3.63, 3.8) is 0 Å². The fourth-order valence-electron chi connectivity index (χ4n) is 3.39. The van der Waals surface area contributed by atoms with E-state index in [0.717, 1.165) is 26.0 Å². The van der Waals surface area contributed by atoms with E-state index in [9.17, 15) is 14.9 Å². The van der Waals surface area contributed by atoms with Gasteiger partial charge in [-0.2, -0.15) is 4.99 Å². The Morgan fingerprint density at radius 1 is 1.20 bits per heavy atom. The average Bonchev–Trinajstić information content (AvgIpc) is 3.27. The van der Waals surface area contributed by atoms with Gasteiger partial charge in [-0.3, -0.25) is 14.9 Å². The molecule has 0 saturated carbocycles. The second-order valence-corrected chi connectivity index (χ2v) is 9.03. The van der Waals surface area contributed by atoms with Gasteiger partial charge in [-0.25, -0.2) is 0 Å². The number of fused-ring (bicyclic) bond motifs is 2. The summed E-state index contributed by atoms with van der Waals surface area (Å²) in [6.45, 7) is 5.19. The summed E-state index contributed by atoms with van der Waals surface area (Å²) in [5.41, 5.74) is 3.33. The van der Waals surface area contributed by atoms with Gasteiger partial charge < -0.3 is 9.30 Å².